The molecular formula is C16H11F3N4O2. The van der Waals surface area contributed by atoms with E-state index < -0.39 is 11.9 Å². The van der Waals surface area contributed by atoms with Crippen molar-refractivity contribution < 1.29 is 22.7 Å². The summed E-state index contributed by atoms with van der Waals surface area (Å²) >= 11 is 0. The first-order valence-corrected chi connectivity index (χ1v) is 7.02. The molecule has 1 aromatic carbocycles. The van der Waals surface area contributed by atoms with Crippen molar-refractivity contribution in [3.63, 3.8) is 0 Å². The second-order valence-corrected chi connectivity index (χ2v) is 4.96. The lowest BCUT2D eigenvalue weighted by Gasteiger charge is -2.06. The minimum absolute atomic E-state index is 0.200. The highest BCUT2D eigenvalue weighted by atomic mass is 19.4. The molecule has 0 unspecified atom stereocenters. The molecular weight excluding hydrogens is 337 g/mol. The monoisotopic (exact) mass is 348 g/mol. The molecule has 0 amide bonds. The summed E-state index contributed by atoms with van der Waals surface area (Å²) in [4.78, 5) is 18.5. The maximum absolute atomic E-state index is 12.8. The van der Waals surface area contributed by atoms with Crippen molar-refractivity contribution in [2.24, 2.45) is 0 Å². The number of nitrogens with zero attached hydrogens (tertiary/aromatic N) is 4. The van der Waals surface area contributed by atoms with Gasteiger partial charge in [0.2, 0.25) is 0 Å². The average Bonchev–Trinajstić information content (AvgIpc) is 3.05. The van der Waals surface area contributed by atoms with Crippen molar-refractivity contribution in [3.8, 4) is 23.0 Å². The number of ether oxygens (including phenoxy) is 1. The van der Waals surface area contributed by atoms with Gasteiger partial charge in [0.05, 0.1) is 12.7 Å². The molecule has 0 saturated carbocycles. The van der Waals surface area contributed by atoms with Gasteiger partial charge in [-0.05, 0) is 30.3 Å². The number of aldehydes is 1. The summed E-state index contributed by atoms with van der Waals surface area (Å²) in [6, 6.07) is 7.50. The Morgan fingerprint density at radius 2 is 1.88 bits per heavy atom. The lowest BCUT2D eigenvalue weighted by atomic mass is 10.1. The summed E-state index contributed by atoms with van der Waals surface area (Å²) in [5, 5.41) is 4.15. The first-order valence-electron chi connectivity index (χ1n) is 7.02. The average molecular weight is 348 g/mol. The summed E-state index contributed by atoms with van der Waals surface area (Å²) in [7, 11) is 1.52. The second-order valence-electron chi connectivity index (χ2n) is 4.96. The van der Waals surface area contributed by atoms with E-state index >= 15 is 0 Å². The fraction of sp³-hybridized carbons (Fsp3) is 0.125. The third-order valence-corrected chi connectivity index (χ3v) is 3.37. The van der Waals surface area contributed by atoms with E-state index in [9.17, 15) is 18.0 Å². The van der Waals surface area contributed by atoms with Gasteiger partial charge in [-0.15, -0.1) is 0 Å². The number of alkyl halides is 3. The fourth-order valence-corrected chi connectivity index (χ4v) is 2.17. The third-order valence-electron chi connectivity index (χ3n) is 3.37. The van der Waals surface area contributed by atoms with Gasteiger partial charge in [-0.25, -0.2) is 14.6 Å². The Labute approximate surface area is 139 Å². The Balaban J connectivity index is 2.05. The van der Waals surface area contributed by atoms with E-state index in [1.165, 1.54) is 13.3 Å². The standard InChI is InChI=1S/C16H11F3N4O2/c1-25-12-4-2-10(3-5-12)14-11(9-24)8-23(22-14)15-20-7-6-13(21-15)16(17,18)19/h2-9H,1H3. The van der Waals surface area contributed by atoms with Crippen LogP contribution >= 0.6 is 0 Å². The van der Waals surface area contributed by atoms with Crippen molar-refractivity contribution in [3.05, 3.63) is 54.0 Å². The van der Waals surface area contributed by atoms with E-state index in [2.05, 4.69) is 15.1 Å². The highest BCUT2D eigenvalue weighted by Crippen LogP contribution is 2.28. The second kappa shape index (κ2) is 6.34. The van der Waals surface area contributed by atoms with Gasteiger partial charge >= 0.3 is 6.18 Å². The molecule has 0 aliphatic carbocycles. The molecule has 0 aliphatic rings. The number of benzene rings is 1. The summed E-state index contributed by atoms with van der Waals surface area (Å²) in [5.74, 6) is 0.342. The van der Waals surface area contributed by atoms with Gasteiger partial charge in [0, 0.05) is 18.0 Å². The summed E-state index contributed by atoms with van der Waals surface area (Å²) in [6.07, 6.45) is -1.77. The smallest absolute Gasteiger partial charge is 0.433 e. The molecule has 0 saturated heterocycles. The van der Waals surface area contributed by atoms with Crippen molar-refractivity contribution >= 4 is 6.29 Å². The van der Waals surface area contributed by atoms with Crippen molar-refractivity contribution in [2.45, 2.75) is 6.18 Å². The molecule has 3 rings (SSSR count). The molecule has 0 radical (unpaired) electrons. The van der Waals surface area contributed by atoms with E-state index in [1.807, 2.05) is 0 Å². The Bertz CT molecular complexity index is 904. The minimum Gasteiger partial charge on any atom is -0.497 e. The van der Waals surface area contributed by atoms with Crippen molar-refractivity contribution in [1.82, 2.24) is 19.7 Å². The van der Waals surface area contributed by atoms with Crippen LogP contribution in [-0.4, -0.2) is 33.1 Å². The van der Waals surface area contributed by atoms with Crippen LogP contribution in [-0.2, 0) is 6.18 Å². The number of carbonyl (C=O) groups is 1. The van der Waals surface area contributed by atoms with Gasteiger partial charge in [-0.1, -0.05) is 0 Å². The van der Waals surface area contributed by atoms with Crippen LogP contribution in [0.15, 0.2) is 42.7 Å². The third kappa shape index (κ3) is 3.35. The normalized spacial score (nSPS) is 11.4. The SMILES string of the molecule is COc1ccc(-c2nn(-c3nccc(C(F)(F)F)n3)cc2C=O)cc1. The van der Waals surface area contributed by atoms with Gasteiger partial charge in [0.1, 0.15) is 17.1 Å². The predicted octanol–water partition coefficient (Wildman–Crippen LogP) is 3.17. The first-order chi connectivity index (χ1) is 11.9. The van der Waals surface area contributed by atoms with E-state index in [0.717, 1.165) is 16.9 Å². The number of aromatic nitrogens is 4. The first kappa shape index (κ1) is 16.6. The highest BCUT2D eigenvalue weighted by Gasteiger charge is 2.33. The Morgan fingerprint density at radius 3 is 2.48 bits per heavy atom. The number of rotatable bonds is 4. The Kier molecular flexibility index (Phi) is 4.22. The van der Waals surface area contributed by atoms with Crippen LogP contribution in [0.25, 0.3) is 17.2 Å². The molecule has 0 atom stereocenters. The minimum atomic E-state index is -4.60. The zero-order chi connectivity index (χ0) is 18.0. The maximum Gasteiger partial charge on any atom is 0.433 e. The molecule has 2 aromatic heterocycles. The van der Waals surface area contributed by atoms with E-state index in [4.69, 9.17) is 4.74 Å². The molecule has 0 spiro atoms. The molecule has 128 valence electrons. The molecule has 6 nitrogen and oxygen atoms in total. The zero-order valence-electron chi connectivity index (χ0n) is 12.9. The van der Waals surface area contributed by atoms with Gasteiger partial charge in [0.15, 0.2) is 6.29 Å². The number of hydrogen-bond acceptors (Lipinski definition) is 5. The lowest BCUT2D eigenvalue weighted by molar-refractivity contribution is -0.141. The van der Waals surface area contributed by atoms with Crippen LogP contribution < -0.4 is 4.74 Å². The molecule has 0 aliphatic heterocycles. The quantitative estimate of drug-likeness (QED) is 0.678. The summed E-state index contributed by atoms with van der Waals surface area (Å²) in [5.41, 5.74) is 0.0186. The van der Waals surface area contributed by atoms with Gasteiger partial charge in [-0.3, -0.25) is 4.79 Å². The van der Waals surface area contributed by atoms with Gasteiger partial charge < -0.3 is 4.74 Å². The predicted molar refractivity (Wildman–Crippen MR) is 81.5 cm³/mol. The van der Waals surface area contributed by atoms with Gasteiger partial charge in [-0.2, -0.15) is 18.3 Å². The van der Waals surface area contributed by atoms with Crippen LogP contribution in [0.2, 0.25) is 0 Å². The Hall–Kier alpha value is -3.23. The molecule has 25 heavy (non-hydrogen) atoms. The fourth-order valence-electron chi connectivity index (χ4n) is 2.17. The van der Waals surface area contributed by atoms with Crippen LogP contribution in [0.5, 0.6) is 5.75 Å². The molecule has 0 bridgehead atoms. The molecule has 0 N–H and O–H groups in total. The topological polar surface area (TPSA) is 69.9 Å². The van der Waals surface area contributed by atoms with Crippen LogP contribution in [0.4, 0.5) is 13.2 Å². The summed E-state index contributed by atoms with van der Waals surface area (Å²) < 4.78 is 44.4. The van der Waals surface area contributed by atoms with Crippen LogP contribution in [0.3, 0.4) is 0 Å². The van der Waals surface area contributed by atoms with Crippen molar-refractivity contribution in [1.29, 1.82) is 0 Å². The van der Waals surface area contributed by atoms with Crippen molar-refractivity contribution in [2.75, 3.05) is 7.11 Å². The van der Waals surface area contributed by atoms with Gasteiger partial charge in [0.25, 0.3) is 5.95 Å². The largest absolute Gasteiger partial charge is 0.497 e. The van der Waals surface area contributed by atoms with Crippen LogP contribution in [0, 0.1) is 0 Å². The molecule has 2 heterocycles. The number of halogens is 3. The molecule has 3 aromatic rings. The number of methoxy groups -OCH3 is 1. The molecule has 0 fully saturated rings. The Morgan fingerprint density at radius 1 is 1.16 bits per heavy atom. The van der Waals surface area contributed by atoms with E-state index in [0.29, 0.717) is 23.3 Å². The maximum atomic E-state index is 12.8. The van der Waals surface area contributed by atoms with E-state index in [-0.39, 0.29) is 11.5 Å². The molecule has 9 heteroatoms. The lowest BCUT2D eigenvalue weighted by Crippen LogP contribution is -2.11. The number of carbonyl (C=O) groups excluding carboxylic acids is 1. The summed E-state index contributed by atoms with van der Waals surface area (Å²) in [6.45, 7) is 0. The number of hydrogen-bond donors (Lipinski definition) is 0. The van der Waals surface area contributed by atoms with Crippen LogP contribution in [0.1, 0.15) is 16.1 Å². The highest BCUT2D eigenvalue weighted by molar-refractivity contribution is 5.85. The zero-order valence-corrected chi connectivity index (χ0v) is 12.9. The van der Waals surface area contributed by atoms with E-state index in [1.54, 1.807) is 24.3 Å².